The lowest BCUT2D eigenvalue weighted by Gasteiger charge is -2.17. The van der Waals surface area contributed by atoms with Gasteiger partial charge >= 0.3 is 0 Å². The number of nitrogens with one attached hydrogen (secondary N) is 1. The van der Waals surface area contributed by atoms with Gasteiger partial charge in [-0.1, -0.05) is 54.1 Å². The Labute approximate surface area is 156 Å². The molecule has 1 aromatic heterocycles. The summed E-state index contributed by atoms with van der Waals surface area (Å²) in [6, 6.07) is 23.4. The molecule has 1 atom stereocenters. The van der Waals surface area contributed by atoms with E-state index in [0.29, 0.717) is 17.3 Å². The Kier molecular flexibility index (Phi) is 4.66. The van der Waals surface area contributed by atoms with Gasteiger partial charge in [-0.15, -0.1) is 10.2 Å². The SMILES string of the molecule is Cc1ccc(N[C@@H](c2nnc(-c3ccccc3)o2)c2ccccc2F)cc1. The predicted molar refractivity (Wildman–Crippen MR) is 103 cm³/mol. The summed E-state index contributed by atoms with van der Waals surface area (Å²) in [5, 5.41) is 11.6. The molecule has 1 N–H and O–H groups in total. The number of anilines is 1. The van der Waals surface area contributed by atoms with E-state index in [1.807, 2.05) is 61.5 Å². The number of hydrogen-bond donors (Lipinski definition) is 1. The van der Waals surface area contributed by atoms with E-state index in [0.717, 1.165) is 16.8 Å². The number of rotatable bonds is 5. The van der Waals surface area contributed by atoms with Crippen LogP contribution in [0.1, 0.15) is 23.1 Å². The molecular formula is C22H18FN3O. The summed E-state index contributed by atoms with van der Waals surface area (Å²) in [4.78, 5) is 0. The molecule has 5 heteroatoms. The molecule has 0 aliphatic rings. The molecule has 1 heterocycles. The van der Waals surface area contributed by atoms with E-state index >= 15 is 0 Å². The summed E-state index contributed by atoms with van der Waals surface area (Å²) in [6.45, 7) is 2.02. The highest BCUT2D eigenvalue weighted by molar-refractivity contribution is 5.53. The van der Waals surface area contributed by atoms with Crippen LogP contribution in [-0.4, -0.2) is 10.2 Å². The molecular weight excluding hydrogens is 341 g/mol. The first-order valence-corrected chi connectivity index (χ1v) is 8.67. The van der Waals surface area contributed by atoms with Crippen LogP contribution in [0.3, 0.4) is 0 Å². The van der Waals surface area contributed by atoms with Crippen molar-refractivity contribution in [2.75, 3.05) is 5.32 Å². The lowest BCUT2D eigenvalue weighted by Crippen LogP contribution is -2.14. The Morgan fingerprint density at radius 3 is 2.30 bits per heavy atom. The van der Waals surface area contributed by atoms with Gasteiger partial charge in [0.15, 0.2) is 0 Å². The molecule has 0 fully saturated rings. The van der Waals surface area contributed by atoms with Crippen molar-refractivity contribution in [2.45, 2.75) is 13.0 Å². The van der Waals surface area contributed by atoms with Crippen LogP contribution in [-0.2, 0) is 0 Å². The van der Waals surface area contributed by atoms with Crippen molar-refractivity contribution >= 4 is 5.69 Å². The van der Waals surface area contributed by atoms with Gasteiger partial charge in [-0.3, -0.25) is 0 Å². The summed E-state index contributed by atoms with van der Waals surface area (Å²) in [5.41, 5.74) is 3.25. The largest absolute Gasteiger partial charge is 0.418 e. The first-order chi connectivity index (χ1) is 13.2. The van der Waals surface area contributed by atoms with E-state index in [9.17, 15) is 4.39 Å². The lowest BCUT2D eigenvalue weighted by atomic mass is 10.1. The molecule has 4 aromatic rings. The second kappa shape index (κ2) is 7.41. The zero-order chi connectivity index (χ0) is 18.6. The summed E-state index contributed by atoms with van der Waals surface area (Å²) >= 11 is 0. The van der Waals surface area contributed by atoms with Crippen LogP contribution in [0.5, 0.6) is 0 Å². The van der Waals surface area contributed by atoms with Crippen LogP contribution in [0, 0.1) is 12.7 Å². The Balaban J connectivity index is 1.73. The molecule has 0 unspecified atom stereocenters. The zero-order valence-electron chi connectivity index (χ0n) is 14.8. The maximum atomic E-state index is 14.5. The highest BCUT2D eigenvalue weighted by Crippen LogP contribution is 2.29. The van der Waals surface area contributed by atoms with Crippen molar-refractivity contribution in [2.24, 2.45) is 0 Å². The molecule has 0 bridgehead atoms. The van der Waals surface area contributed by atoms with Crippen LogP contribution >= 0.6 is 0 Å². The van der Waals surface area contributed by atoms with E-state index in [4.69, 9.17) is 4.42 Å². The van der Waals surface area contributed by atoms with Crippen molar-refractivity contribution in [3.63, 3.8) is 0 Å². The molecule has 0 radical (unpaired) electrons. The van der Waals surface area contributed by atoms with Gasteiger partial charge in [0.25, 0.3) is 0 Å². The average molecular weight is 359 g/mol. The second-order valence-electron chi connectivity index (χ2n) is 6.28. The van der Waals surface area contributed by atoms with Crippen LogP contribution < -0.4 is 5.32 Å². The van der Waals surface area contributed by atoms with Crippen molar-refractivity contribution in [3.8, 4) is 11.5 Å². The Morgan fingerprint density at radius 1 is 0.852 bits per heavy atom. The molecule has 4 rings (SSSR count). The molecule has 0 aliphatic carbocycles. The molecule has 0 aliphatic heterocycles. The van der Waals surface area contributed by atoms with Crippen LogP contribution in [0.4, 0.5) is 10.1 Å². The monoisotopic (exact) mass is 359 g/mol. The topological polar surface area (TPSA) is 51.0 Å². The summed E-state index contributed by atoms with van der Waals surface area (Å²) in [5.74, 6) is 0.374. The standard InChI is InChI=1S/C22H18FN3O/c1-15-11-13-17(14-12-15)24-20(18-9-5-6-10-19(18)23)22-26-25-21(27-22)16-7-3-2-4-8-16/h2-14,20,24H,1H3/t20-/m1/s1. The quantitative estimate of drug-likeness (QED) is 0.519. The molecule has 27 heavy (non-hydrogen) atoms. The molecule has 0 saturated carbocycles. The van der Waals surface area contributed by atoms with Crippen LogP contribution in [0.25, 0.3) is 11.5 Å². The van der Waals surface area contributed by atoms with Gasteiger partial charge in [-0.2, -0.15) is 0 Å². The minimum Gasteiger partial charge on any atom is -0.418 e. The third-order valence-corrected chi connectivity index (χ3v) is 4.29. The minimum absolute atomic E-state index is 0.305. The predicted octanol–water partition coefficient (Wildman–Crippen LogP) is 5.39. The van der Waals surface area contributed by atoms with Crippen molar-refractivity contribution in [1.82, 2.24) is 10.2 Å². The minimum atomic E-state index is -0.598. The van der Waals surface area contributed by atoms with Gasteiger partial charge in [0.2, 0.25) is 11.8 Å². The summed E-state index contributed by atoms with van der Waals surface area (Å²) in [6.07, 6.45) is 0. The number of hydrogen-bond acceptors (Lipinski definition) is 4. The molecule has 0 saturated heterocycles. The Bertz CT molecular complexity index is 1030. The van der Waals surface area contributed by atoms with Gasteiger partial charge in [0.1, 0.15) is 11.9 Å². The summed E-state index contributed by atoms with van der Waals surface area (Å²) in [7, 11) is 0. The molecule has 0 amide bonds. The number of aryl methyl sites for hydroxylation is 1. The van der Waals surface area contributed by atoms with E-state index in [1.54, 1.807) is 18.2 Å². The summed E-state index contributed by atoms with van der Waals surface area (Å²) < 4.78 is 20.4. The highest BCUT2D eigenvalue weighted by atomic mass is 19.1. The third-order valence-electron chi connectivity index (χ3n) is 4.29. The Morgan fingerprint density at radius 2 is 1.56 bits per heavy atom. The molecule has 3 aromatic carbocycles. The average Bonchev–Trinajstić information content (AvgIpc) is 3.19. The fourth-order valence-corrected chi connectivity index (χ4v) is 2.85. The molecule has 134 valence electrons. The second-order valence-corrected chi connectivity index (χ2v) is 6.28. The van der Waals surface area contributed by atoms with E-state index < -0.39 is 6.04 Å². The maximum Gasteiger partial charge on any atom is 0.247 e. The molecule has 4 nitrogen and oxygen atoms in total. The number of halogens is 1. The van der Waals surface area contributed by atoms with Crippen molar-refractivity contribution in [1.29, 1.82) is 0 Å². The van der Waals surface area contributed by atoms with Gasteiger partial charge in [0.05, 0.1) is 0 Å². The van der Waals surface area contributed by atoms with Crippen molar-refractivity contribution < 1.29 is 8.81 Å². The highest BCUT2D eigenvalue weighted by Gasteiger charge is 2.24. The van der Waals surface area contributed by atoms with Gasteiger partial charge in [-0.25, -0.2) is 4.39 Å². The fraction of sp³-hybridized carbons (Fsp3) is 0.0909. The van der Waals surface area contributed by atoms with Crippen LogP contribution in [0.2, 0.25) is 0 Å². The first kappa shape index (κ1) is 17.0. The van der Waals surface area contributed by atoms with Gasteiger partial charge < -0.3 is 9.73 Å². The smallest absolute Gasteiger partial charge is 0.247 e. The van der Waals surface area contributed by atoms with E-state index in [1.165, 1.54) is 6.07 Å². The third kappa shape index (κ3) is 3.72. The van der Waals surface area contributed by atoms with E-state index in [2.05, 4.69) is 15.5 Å². The fourth-order valence-electron chi connectivity index (χ4n) is 2.85. The van der Waals surface area contributed by atoms with E-state index in [-0.39, 0.29) is 5.82 Å². The van der Waals surface area contributed by atoms with Gasteiger partial charge in [0, 0.05) is 16.8 Å². The number of nitrogens with zero attached hydrogens (tertiary/aromatic N) is 2. The van der Waals surface area contributed by atoms with Gasteiger partial charge in [-0.05, 0) is 37.3 Å². The van der Waals surface area contributed by atoms with Crippen LogP contribution in [0.15, 0.2) is 83.3 Å². The first-order valence-electron chi connectivity index (χ1n) is 8.67. The number of aromatic nitrogens is 2. The lowest BCUT2D eigenvalue weighted by molar-refractivity contribution is 0.485. The molecule has 0 spiro atoms. The number of benzene rings is 3. The zero-order valence-corrected chi connectivity index (χ0v) is 14.8. The normalized spacial score (nSPS) is 11.9. The Hall–Kier alpha value is -3.47. The van der Waals surface area contributed by atoms with Crippen molar-refractivity contribution in [3.05, 3.63) is 102 Å². The maximum absolute atomic E-state index is 14.5.